The van der Waals surface area contributed by atoms with E-state index in [4.69, 9.17) is 0 Å². The second-order valence-corrected chi connectivity index (χ2v) is 9.77. The monoisotopic (exact) mass is 405 g/mol. The minimum absolute atomic E-state index is 0.613. The Morgan fingerprint density at radius 1 is 0.690 bits per heavy atom. The van der Waals surface area contributed by atoms with E-state index in [9.17, 15) is 0 Å². The highest BCUT2D eigenvalue weighted by atomic mass is 15.1. The summed E-state index contributed by atoms with van der Waals surface area (Å²) in [6.07, 6.45) is 26.7. The first-order valence-corrected chi connectivity index (χ1v) is 13.2. The van der Waals surface area contributed by atoms with Crippen LogP contribution in [-0.2, 0) is 0 Å². The molecule has 2 unspecified atom stereocenters. The average Bonchev–Trinajstić information content (AvgIpc) is 3.18. The molecule has 0 radical (unpaired) electrons. The van der Waals surface area contributed by atoms with Gasteiger partial charge in [0.1, 0.15) is 12.4 Å². The Bertz CT molecular complexity index is 477. The molecule has 2 heteroatoms. The molecule has 0 saturated carbocycles. The number of unbranched alkanes of at least 4 members (excludes halogenated alkanes) is 12. The zero-order valence-corrected chi connectivity index (χ0v) is 20.6. The highest BCUT2D eigenvalue weighted by Gasteiger charge is 2.27. The molecule has 0 spiro atoms. The SMILES string of the molecule is CCCCCCCCCC(c1[nH]cc[n+]1C(C)CCCCCCCCC)C(C)C. The molecule has 0 aliphatic carbocycles. The molecule has 2 nitrogen and oxygen atoms in total. The zero-order valence-electron chi connectivity index (χ0n) is 20.6. The van der Waals surface area contributed by atoms with Gasteiger partial charge in [-0.05, 0) is 32.1 Å². The molecule has 0 fully saturated rings. The van der Waals surface area contributed by atoms with Gasteiger partial charge in [-0.2, -0.15) is 0 Å². The fourth-order valence-corrected chi connectivity index (χ4v) is 4.68. The summed E-state index contributed by atoms with van der Waals surface area (Å²) in [5.41, 5.74) is 0. The largest absolute Gasteiger partial charge is 0.257 e. The van der Waals surface area contributed by atoms with Crippen LogP contribution in [0.4, 0.5) is 0 Å². The number of nitrogens with one attached hydrogen (secondary N) is 1. The third-order valence-corrected chi connectivity index (χ3v) is 6.72. The molecule has 2 atom stereocenters. The normalized spacial score (nSPS) is 13.9. The number of rotatable bonds is 19. The Morgan fingerprint density at radius 2 is 1.17 bits per heavy atom. The van der Waals surface area contributed by atoms with Gasteiger partial charge in [0.25, 0.3) is 5.82 Å². The number of aromatic amines is 1. The average molecular weight is 406 g/mol. The van der Waals surface area contributed by atoms with Gasteiger partial charge in [-0.1, -0.05) is 111 Å². The van der Waals surface area contributed by atoms with Crippen LogP contribution >= 0.6 is 0 Å². The molecule has 0 aromatic carbocycles. The number of aromatic nitrogens is 2. The Balaban J connectivity index is 2.41. The summed E-state index contributed by atoms with van der Waals surface area (Å²) in [5.74, 6) is 2.84. The second kappa shape index (κ2) is 16.9. The molecule has 0 bridgehead atoms. The van der Waals surface area contributed by atoms with Gasteiger partial charge in [-0.3, -0.25) is 0 Å². The molecule has 1 rings (SSSR count). The van der Waals surface area contributed by atoms with Crippen molar-refractivity contribution >= 4 is 0 Å². The quantitative estimate of drug-likeness (QED) is 0.175. The highest BCUT2D eigenvalue weighted by Crippen LogP contribution is 2.28. The summed E-state index contributed by atoms with van der Waals surface area (Å²) < 4.78 is 2.56. The van der Waals surface area contributed by atoms with Crippen molar-refractivity contribution in [2.24, 2.45) is 5.92 Å². The van der Waals surface area contributed by atoms with Crippen molar-refractivity contribution in [3.63, 3.8) is 0 Å². The van der Waals surface area contributed by atoms with Crippen LogP contribution in [0, 0.1) is 5.92 Å². The maximum atomic E-state index is 3.62. The van der Waals surface area contributed by atoms with E-state index in [1.54, 1.807) is 0 Å². The van der Waals surface area contributed by atoms with Crippen LogP contribution in [0.5, 0.6) is 0 Å². The van der Waals surface area contributed by atoms with E-state index in [0.717, 1.165) is 0 Å². The maximum absolute atomic E-state index is 3.62. The fraction of sp³-hybridized carbons (Fsp3) is 0.889. The third-order valence-electron chi connectivity index (χ3n) is 6.72. The van der Waals surface area contributed by atoms with Gasteiger partial charge in [-0.25, -0.2) is 9.55 Å². The summed E-state index contributed by atoms with van der Waals surface area (Å²) in [6, 6.07) is 0.613. The van der Waals surface area contributed by atoms with Gasteiger partial charge >= 0.3 is 0 Å². The smallest absolute Gasteiger partial charge is 0.247 e. The molecule has 0 aliphatic heterocycles. The summed E-state index contributed by atoms with van der Waals surface area (Å²) in [5, 5.41) is 0. The molecule has 1 aromatic rings. The minimum atomic E-state index is 0.613. The van der Waals surface area contributed by atoms with Crippen molar-refractivity contribution in [1.82, 2.24) is 4.98 Å². The summed E-state index contributed by atoms with van der Waals surface area (Å²) in [7, 11) is 0. The molecule has 0 amide bonds. The number of imidazole rings is 1. The van der Waals surface area contributed by atoms with Crippen molar-refractivity contribution in [2.75, 3.05) is 0 Å². The predicted molar refractivity (Wildman–Crippen MR) is 128 cm³/mol. The van der Waals surface area contributed by atoms with Crippen molar-refractivity contribution in [1.29, 1.82) is 0 Å². The zero-order chi connectivity index (χ0) is 21.3. The second-order valence-electron chi connectivity index (χ2n) is 9.77. The van der Waals surface area contributed by atoms with Crippen molar-refractivity contribution in [3.05, 3.63) is 18.2 Å². The number of hydrogen-bond acceptors (Lipinski definition) is 0. The van der Waals surface area contributed by atoms with Crippen LogP contribution in [0.1, 0.15) is 155 Å². The number of H-pyrrole nitrogens is 1. The molecular formula is C27H53N2+. The summed E-state index contributed by atoms with van der Waals surface area (Å²) >= 11 is 0. The van der Waals surface area contributed by atoms with Crippen molar-refractivity contribution in [2.45, 2.75) is 149 Å². The van der Waals surface area contributed by atoms with Gasteiger partial charge in [0, 0.05) is 0 Å². The first kappa shape index (κ1) is 26.2. The molecule has 1 aromatic heterocycles. The van der Waals surface area contributed by atoms with Crippen LogP contribution in [0.25, 0.3) is 0 Å². The van der Waals surface area contributed by atoms with Crippen molar-refractivity contribution < 1.29 is 4.57 Å². The Kier molecular flexibility index (Phi) is 15.3. The maximum Gasteiger partial charge on any atom is 0.257 e. The molecule has 0 saturated heterocycles. The van der Waals surface area contributed by atoms with Crippen LogP contribution in [0.2, 0.25) is 0 Å². The van der Waals surface area contributed by atoms with Crippen LogP contribution < -0.4 is 4.57 Å². The topological polar surface area (TPSA) is 19.7 Å². The predicted octanol–water partition coefficient (Wildman–Crippen LogP) is 8.88. The lowest BCUT2D eigenvalue weighted by molar-refractivity contribution is -0.727. The van der Waals surface area contributed by atoms with E-state index in [1.807, 2.05) is 0 Å². The standard InChI is InChI=1S/C27H52N2/c1-6-8-10-12-14-16-18-20-25(5)29-23-22-28-27(29)26(24(3)4)21-19-17-15-13-11-9-7-2/h22-26H,6-21H2,1-5H3/p+1. The van der Waals surface area contributed by atoms with Gasteiger partial charge in [-0.15, -0.1) is 0 Å². The Morgan fingerprint density at radius 3 is 1.69 bits per heavy atom. The van der Waals surface area contributed by atoms with Gasteiger partial charge < -0.3 is 0 Å². The molecule has 0 aliphatic rings. The molecule has 1 N–H and O–H groups in total. The van der Waals surface area contributed by atoms with Crippen LogP contribution in [0.3, 0.4) is 0 Å². The van der Waals surface area contributed by atoms with Crippen molar-refractivity contribution in [3.8, 4) is 0 Å². The molecule has 1 heterocycles. The van der Waals surface area contributed by atoms with Gasteiger partial charge in [0.2, 0.25) is 0 Å². The highest BCUT2D eigenvalue weighted by molar-refractivity contribution is 4.92. The van der Waals surface area contributed by atoms with E-state index in [-0.39, 0.29) is 0 Å². The van der Waals surface area contributed by atoms with E-state index in [2.05, 4.69) is 56.6 Å². The minimum Gasteiger partial charge on any atom is -0.247 e. The fourth-order valence-electron chi connectivity index (χ4n) is 4.68. The molecular weight excluding hydrogens is 352 g/mol. The lowest BCUT2D eigenvalue weighted by Crippen LogP contribution is -2.41. The van der Waals surface area contributed by atoms with Crippen LogP contribution in [-0.4, -0.2) is 4.98 Å². The third kappa shape index (κ3) is 11.2. The number of hydrogen-bond donors (Lipinski definition) is 1. The molecule has 170 valence electrons. The lowest BCUT2D eigenvalue weighted by Gasteiger charge is -2.20. The van der Waals surface area contributed by atoms with E-state index < -0.39 is 0 Å². The number of nitrogens with zero attached hydrogens (tertiary/aromatic N) is 1. The first-order valence-electron chi connectivity index (χ1n) is 13.2. The first-order chi connectivity index (χ1) is 14.1. The summed E-state index contributed by atoms with van der Waals surface area (Å²) in [4.78, 5) is 3.62. The summed E-state index contributed by atoms with van der Waals surface area (Å²) in [6.45, 7) is 11.8. The van der Waals surface area contributed by atoms with E-state index >= 15 is 0 Å². The Labute approximate surface area is 183 Å². The lowest BCUT2D eigenvalue weighted by atomic mass is 9.89. The van der Waals surface area contributed by atoms with E-state index in [1.165, 1.54) is 109 Å². The van der Waals surface area contributed by atoms with Gasteiger partial charge in [0.15, 0.2) is 0 Å². The Hall–Kier alpha value is -0.790. The van der Waals surface area contributed by atoms with E-state index in [0.29, 0.717) is 17.9 Å². The molecule has 29 heavy (non-hydrogen) atoms. The van der Waals surface area contributed by atoms with Gasteiger partial charge in [0.05, 0.1) is 12.0 Å². The van der Waals surface area contributed by atoms with Crippen LogP contribution in [0.15, 0.2) is 12.4 Å².